The first-order valence-corrected chi connectivity index (χ1v) is 8.72. The fourth-order valence-electron chi connectivity index (χ4n) is 2.46. The molecule has 1 saturated heterocycles. The zero-order chi connectivity index (χ0) is 15.9. The summed E-state index contributed by atoms with van der Waals surface area (Å²) in [5.74, 6) is 0. The fourth-order valence-corrected chi connectivity index (χ4v) is 2.93. The Morgan fingerprint density at radius 2 is 1.77 bits per heavy atom. The lowest BCUT2D eigenvalue weighted by atomic mass is 10.2. The van der Waals surface area contributed by atoms with Crippen molar-refractivity contribution in [3.8, 4) is 0 Å². The predicted octanol–water partition coefficient (Wildman–Crippen LogP) is 2.61. The minimum absolute atomic E-state index is 0.0637. The van der Waals surface area contributed by atoms with Gasteiger partial charge in [0.25, 0.3) is 0 Å². The summed E-state index contributed by atoms with van der Waals surface area (Å²) in [5, 5.41) is 0. The molecule has 6 heteroatoms. The first-order valence-electron chi connectivity index (χ1n) is 7.69. The lowest BCUT2D eigenvalue weighted by Gasteiger charge is -2.35. The van der Waals surface area contributed by atoms with E-state index in [0.717, 1.165) is 44.8 Å². The zero-order valence-electron chi connectivity index (χ0n) is 13.4. The molecule has 0 spiro atoms. The van der Waals surface area contributed by atoms with Gasteiger partial charge in [-0.25, -0.2) is 0 Å². The molecule has 1 aromatic carbocycles. The maximum atomic E-state index is 4.53. The highest BCUT2D eigenvalue weighted by atomic mass is 32.2. The van der Waals surface area contributed by atoms with Crippen LogP contribution in [0, 0.1) is 0 Å². The lowest BCUT2D eigenvalue weighted by Crippen LogP contribution is -2.47. The highest BCUT2D eigenvalue weighted by Crippen LogP contribution is 2.17. The molecule has 0 bridgehead atoms. The molecule has 0 atom stereocenters. The van der Waals surface area contributed by atoms with Crippen LogP contribution in [0.4, 0.5) is 11.4 Å². The second-order valence-corrected chi connectivity index (χ2v) is 7.12. The van der Waals surface area contributed by atoms with E-state index in [9.17, 15) is 0 Å². The largest absolute Gasteiger partial charge is 0.378 e. The van der Waals surface area contributed by atoms with Crippen LogP contribution in [-0.2, 0) is 0 Å². The van der Waals surface area contributed by atoms with E-state index in [1.165, 1.54) is 5.69 Å². The molecule has 0 amide bonds. The molecule has 0 N–H and O–H groups in total. The standard InChI is InChI=1S/C16H26N4S2/c1-18(2)15-6-4-14(5-7-15)17-8-3-9-19-10-12-20(13-11-19)16(21)22/h4-8,16,21-22H,3,9-13H2,1-2H3. The smallest absolute Gasteiger partial charge is 0.0970 e. The monoisotopic (exact) mass is 338 g/mol. The molecule has 0 unspecified atom stereocenters. The number of piperazine rings is 1. The van der Waals surface area contributed by atoms with Crippen molar-refractivity contribution >= 4 is 42.8 Å². The molecule has 22 heavy (non-hydrogen) atoms. The first kappa shape index (κ1) is 17.7. The zero-order valence-corrected chi connectivity index (χ0v) is 15.2. The first-order chi connectivity index (χ1) is 10.6. The maximum Gasteiger partial charge on any atom is 0.0970 e. The molecule has 0 saturated carbocycles. The SMILES string of the molecule is CN(C)c1ccc(N=CCCN2CCN(C(S)S)CC2)cc1. The van der Waals surface area contributed by atoms with Gasteiger partial charge in [0, 0.05) is 58.7 Å². The van der Waals surface area contributed by atoms with Crippen LogP contribution in [0.5, 0.6) is 0 Å². The Bertz CT molecular complexity index is 466. The molecular weight excluding hydrogens is 312 g/mol. The molecule has 0 aliphatic carbocycles. The second-order valence-electron chi connectivity index (χ2n) is 5.74. The quantitative estimate of drug-likeness (QED) is 0.473. The number of hydrogen-bond donors (Lipinski definition) is 2. The van der Waals surface area contributed by atoms with E-state index in [1.807, 2.05) is 20.3 Å². The van der Waals surface area contributed by atoms with Gasteiger partial charge in [0.2, 0.25) is 0 Å². The van der Waals surface area contributed by atoms with Gasteiger partial charge in [0.05, 0.1) is 10.4 Å². The third kappa shape index (κ3) is 5.50. The molecule has 1 aromatic rings. The van der Waals surface area contributed by atoms with E-state index < -0.39 is 0 Å². The van der Waals surface area contributed by atoms with Gasteiger partial charge in [-0.15, -0.1) is 25.3 Å². The predicted molar refractivity (Wildman–Crippen MR) is 103 cm³/mol. The number of nitrogens with zero attached hydrogens (tertiary/aromatic N) is 4. The highest BCUT2D eigenvalue weighted by molar-refractivity contribution is 7.99. The molecule has 122 valence electrons. The Labute approximate surface area is 145 Å². The number of anilines is 1. The normalized spacial score (nSPS) is 17.5. The van der Waals surface area contributed by atoms with Gasteiger partial charge < -0.3 is 9.80 Å². The van der Waals surface area contributed by atoms with E-state index in [4.69, 9.17) is 0 Å². The summed E-state index contributed by atoms with van der Waals surface area (Å²) in [7, 11) is 4.09. The van der Waals surface area contributed by atoms with Gasteiger partial charge in [0.1, 0.15) is 0 Å². The highest BCUT2D eigenvalue weighted by Gasteiger charge is 2.18. The Morgan fingerprint density at radius 1 is 1.14 bits per heavy atom. The van der Waals surface area contributed by atoms with Gasteiger partial charge >= 0.3 is 0 Å². The maximum absolute atomic E-state index is 4.53. The van der Waals surface area contributed by atoms with Gasteiger partial charge in [-0.1, -0.05) is 0 Å². The Kier molecular flexibility index (Phi) is 7.08. The molecule has 1 heterocycles. The van der Waals surface area contributed by atoms with Crippen molar-refractivity contribution in [2.75, 3.05) is 51.7 Å². The number of rotatable bonds is 6. The van der Waals surface area contributed by atoms with Crippen LogP contribution >= 0.6 is 25.3 Å². The van der Waals surface area contributed by atoms with Gasteiger partial charge in [-0.05, 0) is 30.7 Å². The van der Waals surface area contributed by atoms with Crippen molar-refractivity contribution in [3.63, 3.8) is 0 Å². The third-order valence-electron chi connectivity index (χ3n) is 3.91. The van der Waals surface area contributed by atoms with E-state index in [-0.39, 0.29) is 4.71 Å². The molecule has 2 rings (SSSR count). The Morgan fingerprint density at radius 3 is 2.32 bits per heavy atom. The van der Waals surface area contributed by atoms with Crippen LogP contribution in [0.15, 0.2) is 29.3 Å². The van der Waals surface area contributed by atoms with Crippen LogP contribution in [0.2, 0.25) is 0 Å². The van der Waals surface area contributed by atoms with Crippen LogP contribution in [0.3, 0.4) is 0 Å². The minimum Gasteiger partial charge on any atom is -0.378 e. The fraction of sp³-hybridized carbons (Fsp3) is 0.562. The average molecular weight is 339 g/mol. The summed E-state index contributed by atoms with van der Waals surface area (Å²) in [6, 6.07) is 8.31. The van der Waals surface area contributed by atoms with Crippen molar-refractivity contribution < 1.29 is 0 Å². The molecule has 1 fully saturated rings. The summed E-state index contributed by atoms with van der Waals surface area (Å²) in [4.78, 5) is 11.4. The molecule has 0 radical (unpaired) electrons. The molecular formula is C16H26N4S2. The lowest BCUT2D eigenvalue weighted by molar-refractivity contribution is 0.146. The third-order valence-corrected chi connectivity index (χ3v) is 4.57. The van der Waals surface area contributed by atoms with Crippen LogP contribution in [0.1, 0.15) is 6.42 Å². The summed E-state index contributed by atoms with van der Waals surface area (Å²) >= 11 is 8.73. The average Bonchev–Trinajstić information content (AvgIpc) is 2.52. The van der Waals surface area contributed by atoms with E-state index >= 15 is 0 Å². The number of hydrogen-bond acceptors (Lipinski definition) is 6. The van der Waals surface area contributed by atoms with Crippen LogP contribution < -0.4 is 4.90 Å². The van der Waals surface area contributed by atoms with Crippen molar-refractivity contribution in [1.29, 1.82) is 0 Å². The molecule has 1 aliphatic rings. The summed E-state index contributed by atoms with van der Waals surface area (Å²) in [6.45, 7) is 5.32. The van der Waals surface area contributed by atoms with Gasteiger partial charge in [-0.3, -0.25) is 9.89 Å². The number of aliphatic imine (C=N–C) groups is 1. The second kappa shape index (κ2) is 8.82. The number of benzene rings is 1. The minimum atomic E-state index is 0.0637. The number of thiol groups is 2. The molecule has 0 aromatic heterocycles. The van der Waals surface area contributed by atoms with Crippen LogP contribution in [-0.4, -0.2) is 67.5 Å². The van der Waals surface area contributed by atoms with Gasteiger partial charge in [0.15, 0.2) is 0 Å². The summed E-state index contributed by atoms with van der Waals surface area (Å²) < 4.78 is 0.0637. The van der Waals surface area contributed by atoms with Crippen LogP contribution in [0.25, 0.3) is 0 Å². The Hall–Kier alpha value is -0.690. The molecule has 1 aliphatic heterocycles. The topological polar surface area (TPSA) is 22.1 Å². The Balaban J connectivity index is 1.70. The summed E-state index contributed by atoms with van der Waals surface area (Å²) in [5.41, 5.74) is 2.21. The van der Waals surface area contributed by atoms with Crippen molar-refractivity contribution in [2.24, 2.45) is 4.99 Å². The van der Waals surface area contributed by atoms with E-state index in [2.05, 4.69) is 69.2 Å². The van der Waals surface area contributed by atoms with Gasteiger partial charge in [-0.2, -0.15) is 0 Å². The molecule has 4 nitrogen and oxygen atoms in total. The van der Waals surface area contributed by atoms with E-state index in [0.29, 0.717) is 0 Å². The van der Waals surface area contributed by atoms with E-state index in [1.54, 1.807) is 0 Å². The summed E-state index contributed by atoms with van der Waals surface area (Å²) in [6.07, 6.45) is 3.01. The van der Waals surface area contributed by atoms with Crippen molar-refractivity contribution in [2.45, 2.75) is 11.1 Å². The van der Waals surface area contributed by atoms with Crippen molar-refractivity contribution in [3.05, 3.63) is 24.3 Å². The van der Waals surface area contributed by atoms with Crippen molar-refractivity contribution in [1.82, 2.24) is 9.80 Å².